The van der Waals surface area contributed by atoms with Gasteiger partial charge in [0.15, 0.2) is 0 Å². The Kier molecular flexibility index (Phi) is 4.29. The van der Waals surface area contributed by atoms with Crippen molar-refractivity contribution < 1.29 is 19.1 Å². The molecule has 0 aromatic heterocycles. The van der Waals surface area contributed by atoms with Gasteiger partial charge >= 0.3 is 12.0 Å². The lowest BCUT2D eigenvalue weighted by atomic mass is 9.95. The van der Waals surface area contributed by atoms with Crippen LogP contribution in [0.15, 0.2) is 35.0 Å². The summed E-state index contributed by atoms with van der Waals surface area (Å²) in [6.45, 7) is 2.32. The van der Waals surface area contributed by atoms with Crippen molar-refractivity contribution in [3.8, 4) is 0 Å². The highest BCUT2D eigenvalue weighted by Gasteiger charge is 2.54. The van der Waals surface area contributed by atoms with Gasteiger partial charge in [-0.15, -0.1) is 0 Å². The largest absolute Gasteiger partial charge is 0.461 e. The van der Waals surface area contributed by atoms with Crippen LogP contribution in [0, 0.1) is 0 Å². The van der Waals surface area contributed by atoms with Crippen molar-refractivity contribution >= 4 is 29.4 Å². The maximum Gasteiger partial charge on any atom is 0.354 e. The van der Waals surface area contributed by atoms with E-state index in [1.807, 2.05) is 18.2 Å². The zero-order chi connectivity index (χ0) is 19.9. The first-order valence-electron chi connectivity index (χ1n) is 9.08. The number of benzene rings is 1. The van der Waals surface area contributed by atoms with Crippen LogP contribution in [0.25, 0.3) is 0 Å². The Bertz CT molecular complexity index is 938. The number of esters is 1. The molecule has 2 heterocycles. The number of hydrogen-bond acceptors (Lipinski definition) is 7. The fourth-order valence-electron chi connectivity index (χ4n) is 3.78. The molecule has 0 bridgehead atoms. The zero-order valence-electron chi connectivity index (χ0n) is 15.7. The summed E-state index contributed by atoms with van der Waals surface area (Å²) in [4.78, 5) is 41.9. The van der Waals surface area contributed by atoms with Crippen molar-refractivity contribution in [1.82, 2.24) is 15.5 Å². The standard InChI is InChI=1S/C19H21N5O4/c1-3-28-16(25)14-7-15(21-10-20-14)22-13-5-4-11-8-19(9-12(11)6-13)17(26)23-18(27)24(19)2/h4-7,20H,3,8-10H2,1-2H3,(H,21,22)(H,23,26,27). The Labute approximate surface area is 161 Å². The first-order valence-corrected chi connectivity index (χ1v) is 9.08. The molecule has 1 aromatic rings. The van der Waals surface area contributed by atoms with Gasteiger partial charge in [-0.25, -0.2) is 14.6 Å². The average molecular weight is 383 g/mol. The number of nitrogens with one attached hydrogen (secondary N) is 3. The maximum atomic E-state index is 12.4. The van der Waals surface area contributed by atoms with E-state index < -0.39 is 11.5 Å². The van der Waals surface area contributed by atoms with Crippen LogP contribution < -0.4 is 16.0 Å². The minimum atomic E-state index is -0.846. The van der Waals surface area contributed by atoms with Gasteiger partial charge < -0.3 is 20.3 Å². The molecule has 3 amide bonds. The van der Waals surface area contributed by atoms with Gasteiger partial charge in [-0.3, -0.25) is 10.1 Å². The number of likely N-dealkylation sites (N-methyl/N-ethyl adjacent to an activating group) is 1. The second kappa shape index (κ2) is 6.66. The molecule has 28 heavy (non-hydrogen) atoms. The zero-order valence-corrected chi connectivity index (χ0v) is 15.7. The molecular weight excluding hydrogens is 362 g/mol. The summed E-state index contributed by atoms with van der Waals surface area (Å²) in [6.07, 6.45) is 2.56. The summed E-state index contributed by atoms with van der Waals surface area (Å²) in [6, 6.07) is 5.44. The lowest BCUT2D eigenvalue weighted by molar-refractivity contribution is -0.139. The molecule has 0 radical (unpaired) electrons. The number of nitrogens with zero attached hydrogens (tertiary/aromatic N) is 2. The van der Waals surface area contributed by atoms with Crippen molar-refractivity contribution in [3.05, 3.63) is 41.1 Å². The number of anilines is 1. The van der Waals surface area contributed by atoms with Gasteiger partial charge in [-0.2, -0.15) is 0 Å². The molecule has 1 saturated heterocycles. The molecule has 0 saturated carbocycles. The summed E-state index contributed by atoms with van der Waals surface area (Å²) in [5.74, 6) is -0.136. The van der Waals surface area contributed by atoms with E-state index in [4.69, 9.17) is 4.74 Å². The first-order chi connectivity index (χ1) is 13.4. The smallest absolute Gasteiger partial charge is 0.354 e. The lowest BCUT2D eigenvalue weighted by Gasteiger charge is -2.27. The van der Waals surface area contributed by atoms with Crippen molar-refractivity contribution in [2.24, 2.45) is 4.99 Å². The fraction of sp³-hybridized carbons (Fsp3) is 0.368. The van der Waals surface area contributed by atoms with Gasteiger partial charge in [-0.05, 0) is 30.2 Å². The number of urea groups is 1. The predicted molar refractivity (Wildman–Crippen MR) is 102 cm³/mol. The Morgan fingerprint density at radius 2 is 2.11 bits per heavy atom. The van der Waals surface area contributed by atoms with Crippen molar-refractivity contribution in [2.45, 2.75) is 25.3 Å². The van der Waals surface area contributed by atoms with Gasteiger partial charge in [-0.1, -0.05) is 6.07 Å². The Balaban J connectivity index is 1.52. The topological polar surface area (TPSA) is 112 Å². The van der Waals surface area contributed by atoms with Crippen LogP contribution in [0.3, 0.4) is 0 Å². The number of rotatable bonds is 3. The molecule has 2 aliphatic heterocycles. The minimum absolute atomic E-state index is 0.254. The van der Waals surface area contributed by atoms with Crippen LogP contribution in [0.2, 0.25) is 0 Å². The number of hydrogen-bond donors (Lipinski definition) is 3. The highest BCUT2D eigenvalue weighted by molar-refractivity contribution is 6.09. The van der Waals surface area contributed by atoms with Crippen LogP contribution >= 0.6 is 0 Å². The quantitative estimate of drug-likeness (QED) is 0.518. The second-order valence-electron chi connectivity index (χ2n) is 6.97. The molecule has 4 rings (SSSR count). The van der Waals surface area contributed by atoms with E-state index in [0.717, 1.165) is 16.8 Å². The fourth-order valence-corrected chi connectivity index (χ4v) is 3.78. The number of amidine groups is 1. The SMILES string of the molecule is CCOC(=O)C1=CC(Nc2ccc3c(c2)CC2(C3)C(=O)NC(=O)N2C)=NCN1. The van der Waals surface area contributed by atoms with E-state index in [0.29, 0.717) is 31.0 Å². The third-order valence-electron chi connectivity index (χ3n) is 5.33. The number of amides is 3. The van der Waals surface area contributed by atoms with Gasteiger partial charge in [0.2, 0.25) is 0 Å². The van der Waals surface area contributed by atoms with Crippen molar-refractivity contribution in [1.29, 1.82) is 0 Å². The molecular formula is C19H21N5O4. The molecule has 3 aliphatic rings. The summed E-state index contributed by atoms with van der Waals surface area (Å²) in [5, 5.41) is 8.47. The number of aliphatic imine (C=N–C) groups is 1. The predicted octanol–water partition coefficient (Wildman–Crippen LogP) is 0.524. The van der Waals surface area contributed by atoms with Gasteiger partial charge in [0.25, 0.3) is 5.91 Å². The van der Waals surface area contributed by atoms with Crippen LogP contribution in [0.4, 0.5) is 10.5 Å². The van der Waals surface area contributed by atoms with E-state index in [1.54, 1.807) is 20.0 Å². The number of carbonyl (C=O) groups is 3. The van der Waals surface area contributed by atoms with E-state index in [2.05, 4.69) is 20.9 Å². The molecule has 1 fully saturated rings. The molecule has 1 unspecified atom stereocenters. The highest BCUT2D eigenvalue weighted by Crippen LogP contribution is 2.38. The number of imide groups is 1. The van der Waals surface area contributed by atoms with Crippen molar-refractivity contribution in [3.63, 3.8) is 0 Å². The summed E-state index contributed by atoms with van der Waals surface area (Å²) >= 11 is 0. The normalized spacial score (nSPS) is 23.0. The summed E-state index contributed by atoms with van der Waals surface area (Å²) < 4.78 is 5.00. The first kappa shape index (κ1) is 18.0. The molecule has 1 aliphatic carbocycles. The van der Waals surface area contributed by atoms with Crippen molar-refractivity contribution in [2.75, 3.05) is 25.6 Å². The van der Waals surface area contributed by atoms with Crippen LogP contribution in [-0.2, 0) is 27.2 Å². The Morgan fingerprint density at radius 3 is 2.82 bits per heavy atom. The van der Waals surface area contributed by atoms with E-state index in [-0.39, 0.29) is 18.6 Å². The lowest BCUT2D eigenvalue weighted by Crippen LogP contribution is -2.48. The summed E-state index contributed by atoms with van der Waals surface area (Å²) in [7, 11) is 1.65. The van der Waals surface area contributed by atoms with Gasteiger partial charge in [0.1, 0.15) is 23.7 Å². The highest BCUT2D eigenvalue weighted by atomic mass is 16.5. The molecule has 3 N–H and O–H groups in total. The molecule has 1 atom stereocenters. The Hall–Kier alpha value is -3.36. The molecule has 1 aromatic carbocycles. The number of carbonyl (C=O) groups excluding carboxylic acids is 3. The van der Waals surface area contributed by atoms with E-state index >= 15 is 0 Å². The van der Waals surface area contributed by atoms with Crippen LogP contribution in [0.1, 0.15) is 18.1 Å². The summed E-state index contributed by atoms with van der Waals surface area (Å²) in [5.41, 5.74) is 2.34. The third kappa shape index (κ3) is 2.88. The van der Waals surface area contributed by atoms with Gasteiger partial charge in [0.05, 0.1) is 6.61 Å². The molecule has 1 spiro atoms. The maximum absolute atomic E-state index is 12.4. The van der Waals surface area contributed by atoms with Crippen LogP contribution in [-0.4, -0.2) is 54.5 Å². The second-order valence-corrected chi connectivity index (χ2v) is 6.97. The van der Waals surface area contributed by atoms with E-state index in [9.17, 15) is 14.4 Å². The number of fused-ring (bicyclic) bond motifs is 1. The van der Waals surface area contributed by atoms with Crippen LogP contribution in [0.5, 0.6) is 0 Å². The monoisotopic (exact) mass is 383 g/mol. The third-order valence-corrected chi connectivity index (χ3v) is 5.33. The minimum Gasteiger partial charge on any atom is -0.461 e. The molecule has 146 valence electrons. The average Bonchev–Trinajstić information content (AvgIpc) is 3.16. The number of ether oxygens (including phenoxy) is 1. The molecule has 9 heteroatoms. The Morgan fingerprint density at radius 1 is 1.32 bits per heavy atom. The van der Waals surface area contributed by atoms with E-state index in [1.165, 1.54) is 4.90 Å². The molecule has 9 nitrogen and oxygen atoms in total. The van der Waals surface area contributed by atoms with Gasteiger partial charge in [0, 0.05) is 31.7 Å².